The lowest BCUT2D eigenvalue weighted by atomic mass is 9.60. The molecule has 2 N–H and O–H groups in total. The second-order valence-electron chi connectivity index (χ2n) is 9.70. The monoisotopic (exact) mass is 461 g/mol. The van der Waals surface area contributed by atoms with Crippen molar-refractivity contribution in [1.82, 2.24) is 15.5 Å². The van der Waals surface area contributed by atoms with Gasteiger partial charge in [-0.25, -0.2) is 9.18 Å². The fourth-order valence-corrected chi connectivity index (χ4v) is 5.93. The summed E-state index contributed by atoms with van der Waals surface area (Å²) in [5.74, 6) is 3.44. The van der Waals surface area contributed by atoms with Crippen molar-refractivity contribution in [2.75, 3.05) is 26.3 Å². The summed E-state index contributed by atoms with van der Waals surface area (Å²) in [6, 6.07) is 15.1. The van der Waals surface area contributed by atoms with Crippen molar-refractivity contribution in [2.45, 2.75) is 43.8 Å². The molecule has 178 valence electrons. The number of terminal acetylenes is 1. The van der Waals surface area contributed by atoms with Gasteiger partial charge < -0.3 is 20.3 Å². The number of benzene rings is 2. The van der Waals surface area contributed by atoms with Crippen LogP contribution < -0.4 is 10.6 Å². The zero-order valence-corrected chi connectivity index (χ0v) is 19.4. The van der Waals surface area contributed by atoms with Crippen LogP contribution in [0.5, 0.6) is 0 Å². The van der Waals surface area contributed by atoms with Gasteiger partial charge >= 0.3 is 6.03 Å². The lowest BCUT2D eigenvalue weighted by Gasteiger charge is -2.52. The fourth-order valence-electron chi connectivity index (χ4n) is 5.93. The topological polar surface area (TPSA) is 53.6 Å². The summed E-state index contributed by atoms with van der Waals surface area (Å²) < 4.78 is 19.0. The molecule has 2 aromatic carbocycles. The first-order valence-electron chi connectivity index (χ1n) is 12.3. The number of hydrogen-bond acceptors (Lipinski definition) is 3. The van der Waals surface area contributed by atoms with Crippen LogP contribution in [0.4, 0.5) is 9.18 Å². The van der Waals surface area contributed by atoms with Crippen molar-refractivity contribution in [2.24, 2.45) is 11.8 Å². The third kappa shape index (κ3) is 4.68. The molecule has 1 heterocycles. The molecule has 6 heteroatoms. The molecule has 2 aromatic rings. The molecule has 1 aliphatic heterocycles. The zero-order valence-electron chi connectivity index (χ0n) is 19.4. The summed E-state index contributed by atoms with van der Waals surface area (Å²) in [6.45, 7) is 2.34. The molecule has 5 nitrogen and oxygen atoms in total. The Kier molecular flexibility index (Phi) is 6.85. The highest BCUT2D eigenvalue weighted by molar-refractivity contribution is 5.76. The van der Waals surface area contributed by atoms with Crippen molar-refractivity contribution < 1.29 is 13.9 Å². The van der Waals surface area contributed by atoms with Crippen LogP contribution in [0.1, 0.15) is 42.0 Å². The summed E-state index contributed by atoms with van der Waals surface area (Å²) in [5, 5.41) is 6.98. The largest absolute Gasteiger partial charge is 0.367 e. The molecule has 3 fully saturated rings. The van der Waals surface area contributed by atoms with Gasteiger partial charge in [-0.05, 0) is 66.3 Å². The third-order valence-corrected chi connectivity index (χ3v) is 7.73. The van der Waals surface area contributed by atoms with Crippen molar-refractivity contribution in [3.05, 3.63) is 71.0 Å². The zero-order chi connectivity index (χ0) is 23.5. The molecule has 3 aliphatic carbocycles. The number of urea groups is 1. The van der Waals surface area contributed by atoms with E-state index < -0.39 is 0 Å². The second kappa shape index (κ2) is 10.2. The molecule has 0 saturated heterocycles. The Hall–Kier alpha value is -2.88. The molecule has 3 saturated carbocycles. The number of halogens is 1. The van der Waals surface area contributed by atoms with E-state index >= 15 is 0 Å². The number of ether oxygens (including phenoxy) is 1. The Labute approximate surface area is 201 Å². The van der Waals surface area contributed by atoms with E-state index in [9.17, 15) is 9.18 Å². The van der Waals surface area contributed by atoms with Crippen molar-refractivity contribution in [3.63, 3.8) is 0 Å². The highest BCUT2D eigenvalue weighted by Gasteiger charge is 2.46. The van der Waals surface area contributed by atoms with Crippen LogP contribution in [0.2, 0.25) is 0 Å². The predicted octanol–water partition coefficient (Wildman–Crippen LogP) is 3.89. The number of hydrogen-bond donors (Lipinski definition) is 2. The average molecular weight is 462 g/mol. The SMILES string of the molecule is C#CCOCCN[C@H]1C[C@@H](NC(=O)N2CCc3ccccc3[C@@H]2c2ccc(F)cc2)C2CC1C2. The van der Waals surface area contributed by atoms with Gasteiger partial charge in [-0.3, -0.25) is 0 Å². The lowest BCUT2D eigenvalue weighted by Crippen LogP contribution is -2.61. The van der Waals surface area contributed by atoms with Gasteiger partial charge in [0, 0.05) is 25.2 Å². The summed E-state index contributed by atoms with van der Waals surface area (Å²) >= 11 is 0. The molecular formula is C28H32FN3O2. The maximum Gasteiger partial charge on any atom is 0.318 e. The predicted molar refractivity (Wildman–Crippen MR) is 130 cm³/mol. The Bertz CT molecular complexity index is 1040. The van der Waals surface area contributed by atoms with Gasteiger partial charge in [0.2, 0.25) is 0 Å². The number of carbonyl (C=O) groups excluding carboxylic acids is 1. The van der Waals surface area contributed by atoms with Crippen molar-refractivity contribution in [1.29, 1.82) is 0 Å². The van der Waals surface area contributed by atoms with Crippen LogP contribution in [0.25, 0.3) is 0 Å². The number of rotatable bonds is 7. The standard InChI is InChI=1S/C28H32FN3O2/c1-2-14-34-15-12-30-25-18-26(22-16-21(25)17-22)31-28(33)32-13-11-19-5-3-4-6-24(19)27(32)20-7-9-23(29)10-8-20/h1,3-10,21-22,25-27,30H,11-18H2,(H,31,33)/t21?,22?,25-,26+,27-/m0/s1. The first-order valence-corrected chi connectivity index (χ1v) is 12.3. The van der Waals surface area contributed by atoms with Crippen molar-refractivity contribution >= 4 is 6.03 Å². The molecule has 6 rings (SSSR count). The molecular weight excluding hydrogens is 429 g/mol. The molecule has 34 heavy (non-hydrogen) atoms. The van der Waals surface area contributed by atoms with Gasteiger partial charge in [0.1, 0.15) is 12.4 Å². The van der Waals surface area contributed by atoms with Gasteiger partial charge in [-0.1, -0.05) is 42.3 Å². The second-order valence-corrected chi connectivity index (χ2v) is 9.70. The van der Waals surface area contributed by atoms with Crippen LogP contribution in [0.15, 0.2) is 48.5 Å². The van der Waals surface area contributed by atoms with E-state index in [0.29, 0.717) is 37.6 Å². The van der Waals surface area contributed by atoms with E-state index in [-0.39, 0.29) is 23.9 Å². The quantitative estimate of drug-likeness (QED) is 0.486. The van der Waals surface area contributed by atoms with E-state index in [4.69, 9.17) is 11.2 Å². The first kappa shape index (κ1) is 22.9. The number of nitrogens with zero attached hydrogens (tertiary/aromatic N) is 1. The van der Waals surface area contributed by atoms with E-state index in [1.165, 1.54) is 17.7 Å². The van der Waals surface area contributed by atoms with E-state index in [1.807, 2.05) is 17.0 Å². The molecule has 4 aliphatic rings. The maximum atomic E-state index is 13.6. The fraction of sp³-hybridized carbons (Fsp3) is 0.464. The molecule has 0 unspecified atom stereocenters. The van der Waals surface area contributed by atoms with Gasteiger partial charge in [0.15, 0.2) is 0 Å². The Morgan fingerprint density at radius 1 is 1.09 bits per heavy atom. The highest BCUT2D eigenvalue weighted by Crippen LogP contribution is 2.46. The van der Waals surface area contributed by atoms with Crippen molar-refractivity contribution in [3.8, 4) is 12.3 Å². The van der Waals surface area contributed by atoms with E-state index in [1.54, 1.807) is 12.1 Å². The number of amides is 2. The van der Waals surface area contributed by atoms with Crippen LogP contribution >= 0.6 is 0 Å². The Balaban J connectivity index is 1.28. The van der Waals surface area contributed by atoms with Gasteiger partial charge in [0.05, 0.1) is 12.6 Å². The van der Waals surface area contributed by atoms with Gasteiger partial charge in [-0.15, -0.1) is 6.42 Å². The average Bonchev–Trinajstić information content (AvgIpc) is 2.83. The lowest BCUT2D eigenvalue weighted by molar-refractivity contribution is 0.0351. The molecule has 2 bridgehead atoms. The normalized spacial score (nSPS) is 27.3. The summed E-state index contributed by atoms with van der Waals surface area (Å²) in [6.07, 6.45) is 9.28. The van der Waals surface area contributed by atoms with E-state index in [2.05, 4.69) is 28.7 Å². The number of carbonyl (C=O) groups is 1. The van der Waals surface area contributed by atoms with Gasteiger partial charge in [0.25, 0.3) is 0 Å². The van der Waals surface area contributed by atoms with Crippen LogP contribution in [-0.2, 0) is 11.2 Å². The van der Waals surface area contributed by atoms with Gasteiger partial charge in [-0.2, -0.15) is 0 Å². The summed E-state index contributed by atoms with van der Waals surface area (Å²) in [5.41, 5.74) is 3.30. The molecule has 0 radical (unpaired) electrons. The smallest absolute Gasteiger partial charge is 0.318 e. The van der Waals surface area contributed by atoms with Crippen LogP contribution in [-0.4, -0.2) is 49.3 Å². The minimum absolute atomic E-state index is 0.0321. The molecule has 0 spiro atoms. The Morgan fingerprint density at radius 2 is 1.85 bits per heavy atom. The minimum atomic E-state index is -0.270. The Morgan fingerprint density at radius 3 is 2.65 bits per heavy atom. The highest BCUT2D eigenvalue weighted by atomic mass is 19.1. The number of fused-ring (bicyclic) bond motifs is 3. The summed E-state index contributed by atoms with van der Waals surface area (Å²) in [4.78, 5) is 15.5. The van der Waals surface area contributed by atoms with E-state index in [0.717, 1.165) is 43.4 Å². The summed E-state index contributed by atoms with van der Waals surface area (Å²) in [7, 11) is 0. The number of nitrogens with one attached hydrogen (secondary N) is 2. The molecule has 2 amide bonds. The van der Waals surface area contributed by atoms with Crippen LogP contribution in [0.3, 0.4) is 0 Å². The third-order valence-electron chi connectivity index (χ3n) is 7.73. The maximum absolute atomic E-state index is 13.6. The first-order chi connectivity index (χ1) is 16.6. The minimum Gasteiger partial charge on any atom is -0.367 e. The van der Waals surface area contributed by atoms with Crippen LogP contribution in [0, 0.1) is 30.0 Å². The molecule has 3 atom stereocenters. The molecule has 0 aromatic heterocycles.